The van der Waals surface area contributed by atoms with Gasteiger partial charge in [-0.15, -0.1) is 0 Å². The number of aromatic nitrogens is 1. The summed E-state index contributed by atoms with van der Waals surface area (Å²) < 4.78 is 5.75. The van der Waals surface area contributed by atoms with Crippen LogP contribution in [0.25, 0.3) is 0 Å². The van der Waals surface area contributed by atoms with E-state index in [9.17, 15) is 0 Å². The Morgan fingerprint density at radius 3 is 2.90 bits per heavy atom. The molecule has 5 heteroatoms. The van der Waals surface area contributed by atoms with Gasteiger partial charge in [-0.2, -0.15) is 0 Å². The number of nitrogens with zero attached hydrogens (tertiary/aromatic N) is 2. The molecule has 20 heavy (non-hydrogen) atoms. The van der Waals surface area contributed by atoms with E-state index in [1.54, 1.807) is 6.20 Å². The average molecular weight is 296 g/mol. The number of hydrogen-bond donors (Lipinski definition) is 1. The number of nitrogens with one attached hydrogen (secondary N) is 1. The molecule has 3 rings (SSSR count). The summed E-state index contributed by atoms with van der Waals surface area (Å²) >= 11 is 6.17. The first-order chi connectivity index (χ1) is 9.81. The second-order valence-electron chi connectivity index (χ2n) is 5.67. The van der Waals surface area contributed by atoms with Crippen molar-refractivity contribution in [3.05, 3.63) is 22.8 Å². The molecule has 0 amide bonds. The fraction of sp³-hybridized carbons (Fsp3) is 0.667. The fourth-order valence-electron chi connectivity index (χ4n) is 2.50. The fourth-order valence-corrected chi connectivity index (χ4v) is 2.67. The number of pyridine rings is 1. The zero-order chi connectivity index (χ0) is 13.8. The quantitative estimate of drug-likeness (QED) is 0.838. The van der Waals surface area contributed by atoms with Gasteiger partial charge in [0.25, 0.3) is 0 Å². The molecule has 2 fully saturated rings. The summed E-state index contributed by atoms with van der Waals surface area (Å²) in [5.41, 5.74) is 1.07. The first-order valence-electron chi connectivity index (χ1n) is 7.54. The maximum atomic E-state index is 6.17. The van der Waals surface area contributed by atoms with E-state index in [-0.39, 0.29) is 0 Å². The molecule has 110 valence electrons. The zero-order valence-electron chi connectivity index (χ0n) is 11.8. The molecule has 2 aliphatic rings. The number of halogens is 1. The Morgan fingerprint density at radius 2 is 2.15 bits per heavy atom. The molecule has 1 saturated carbocycles. The average Bonchev–Trinajstić information content (AvgIpc) is 3.14. The topological polar surface area (TPSA) is 37.4 Å². The minimum atomic E-state index is 0.679. The largest absolute Gasteiger partial charge is 0.476 e. The zero-order valence-corrected chi connectivity index (χ0v) is 12.5. The molecule has 1 aromatic heterocycles. The minimum absolute atomic E-state index is 0.679. The number of hydrogen-bond acceptors (Lipinski definition) is 4. The lowest BCUT2D eigenvalue weighted by Gasteiger charge is -2.15. The summed E-state index contributed by atoms with van der Waals surface area (Å²) in [4.78, 5) is 6.68. The van der Waals surface area contributed by atoms with Crippen molar-refractivity contribution in [2.45, 2.75) is 38.3 Å². The van der Waals surface area contributed by atoms with Gasteiger partial charge in [-0.1, -0.05) is 11.6 Å². The molecular weight excluding hydrogens is 274 g/mol. The third kappa shape index (κ3) is 4.08. The molecule has 0 unspecified atom stereocenters. The molecule has 4 nitrogen and oxygen atoms in total. The second-order valence-corrected chi connectivity index (χ2v) is 6.07. The van der Waals surface area contributed by atoms with Crippen LogP contribution in [0, 0.1) is 0 Å². The van der Waals surface area contributed by atoms with E-state index >= 15 is 0 Å². The summed E-state index contributed by atoms with van der Waals surface area (Å²) in [6.45, 7) is 4.89. The van der Waals surface area contributed by atoms with Gasteiger partial charge in [0.05, 0.1) is 5.02 Å². The Morgan fingerprint density at radius 1 is 1.35 bits per heavy atom. The predicted octanol–water partition coefficient (Wildman–Crippen LogP) is 2.46. The van der Waals surface area contributed by atoms with Crippen molar-refractivity contribution < 1.29 is 4.74 Å². The standard InChI is InChI=1S/C15H22ClN3O/c16-14-11-18-15(9-12(14)10-17-13-3-4-13)20-8-7-19-5-1-2-6-19/h9,11,13,17H,1-8,10H2. The maximum Gasteiger partial charge on any atom is 0.213 e. The maximum absolute atomic E-state index is 6.17. The second kappa shape index (κ2) is 6.74. The molecule has 2 heterocycles. The van der Waals surface area contributed by atoms with E-state index in [0.29, 0.717) is 23.6 Å². The molecule has 1 aliphatic carbocycles. The van der Waals surface area contributed by atoms with Crippen molar-refractivity contribution in [1.82, 2.24) is 15.2 Å². The molecule has 0 radical (unpaired) electrons. The molecule has 0 atom stereocenters. The molecular formula is C15H22ClN3O. The third-order valence-electron chi connectivity index (χ3n) is 3.92. The Bertz CT molecular complexity index is 445. The molecule has 1 N–H and O–H groups in total. The van der Waals surface area contributed by atoms with Crippen LogP contribution in [0.1, 0.15) is 31.2 Å². The van der Waals surface area contributed by atoms with E-state index < -0.39 is 0 Å². The molecule has 1 saturated heterocycles. The Hall–Kier alpha value is -0.840. The number of ether oxygens (including phenoxy) is 1. The Balaban J connectivity index is 1.48. The first-order valence-corrected chi connectivity index (χ1v) is 7.92. The van der Waals surface area contributed by atoms with E-state index in [2.05, 4.69) is 15.2 Å². The van der Waals surface area contributed by atoms with Gasteiger partial charge in [0.1, 0.15) is 6.61 Å². The molecule has 1 aromatic rings. The van der Waals surface area contributed by atoms with Gasteiger partial charge in [0, 0.05) is 31.4 Å². The van der Waals surface area contributed by atoms with Crippen LogP contribution < -0.4 is 10.1 Å². The van der Waals surface area contributed by atoms with E-state index in [4.69, 9.17) is 16.3 Å². The van der Waals surface area contributed by atoms with Crippen molar-refractivity contribution in [1.29, 1.82) is 0 Å². The van der Waals surface area contributed by atoms with Crippen molar-refractivity contribution >= 4 is 11.6 Å². The van der Waals surface area contributed by atoms with Crippen LogP contribution >= 0.6 is 11.6 Å². The monoisotopic (exact) mass is 295 g/mol. The Kier molecular flexibility index (Phi) is 4.76. The first kappa shape index (κ1) is 14.1. The van der Waals surface area contributed by atoms with E-state index in [0.717, 1.165) is 18.7 Å². The smallest absolute Gasteiger partial charge is 0.213 e. The van der Waals surface area contributed by atoms with Crippen molar-refractivity contribution in [2.75, 3.05) is 26.2 Å². The summed E-state index contributed by atoms with van der Waals surface area (Å²) in [6.07, 6.45) is 6.88. The van der Waals surface area contributed by atoms with Crippen LogP contribution in [0.2, 0.25) is 5.02 Å². The van der Waals surface area contributed by atoms with Crippen LogP contribution in [-0.4, -0.2) is 42.2 Å². The van der Waals surface area contributed by atoms with Crippen molar-refractivity contribution in [3.63, 3.8) is 0 Å². The normalized spacial score (nSPS) is 19.4. The van der Waals surface area contributed by atoms with Crippen molar-refractivity contribution in [3.8, 4) is 5.88 Å². The summed E-state index contributed by atoms with van der Waals surface area (Å²) in [6, 6.07) is 2.64. The van der Waals surface area contributed by atoms with Gasteiger partial charge in [0.15, 0.2) is 0 Å². The molecule has 1 aliphatic heterocycles. The number of rotatable bonds is 7. The summed E-state index contributed by atoms with van der Waals surface area (Å²) in [5, 5.41) is 4.18. The third-order valence-corrected chi connectivity index (χ3v) is 4.26. The highest BCUT2D eigenvalue weighted by atomic mass is 35.5. The van der Waals surface area contributed by atoms with Crippen LogP contribution in [0.3, 0.4) is 0 Å². The van der Waals surface area contributed by atoms with Gasteiger partial charge < -0.3 is 10.1 Å². The highest BCUT2D eigenvalue weighted by molar-refractivity contribution is 6.31. The lowest BCUT2D eigenvalue weighted by atomic mass is 10.2. The van der Waals surface area contributed by atoms with Gasteiger partial charge in [0.2, 0.25) is 5.88 Å². The molecule has 0 spiro atoms. The van der Waals surface area contributed by atoms with Crippen LogP contribution in [0.5, 0.6) is 5.88 Å². The van der Waals surface area contributed by atoms with Gasteiger partial charge >= 0.3 is 0 Å². The van der Waals surface area contributed by atoms with Gasteiger partial charge in [-0.25, -0.2) is 4.98 Å². The van der Waals surface area contributed by atoms with Crippen molar-refractivity contribution in [2.24, 2.45) is 0 Å². The highest BCUT2D eigenvalue weighted by Gasteiger charge is 2.20. The van der Waals surface area contributed by atoms with Gasteiger partial charge in [-0.05, 0) is 44.3 Å². The lowest BCUT2D eigenvalue weighted by molar-refractivity contribution is 0.232. The number of likely N-dealkylation sites (tertiary alicyclic amines) is 1. The van der Waals surface area contributed by atoms with E-state index in [1.165, 1.54) is 38.8 Å². The SMILES string of the molecule is Clc1cnc(OCCN2CCCC2)cc1CNC1CC1. The predicted molar refractivity (Wildman–Crippen MR) is 80.3 cm³/mol. The van der Waals surface area contributed by atoms with Crippen LogP contribution in [0.15, 0.2) is 12.3 Å². The minimum Gasteiger partial charge on any atom is -0.476 e. The van der Waals surface area contributed by atoms with E-state index in [1.807, 2.05) is 6.07 Å². The lowest BCUT2D eigenvalue weighted by Crippen LogP contribution is -2.25. The highest BCUT2D eigenvalue weighted by Crippen LogP contribution is 2.23. The van der Waals surface area contributed by atoms with Crippen LogP contribution in [-0.2, 0) is 6.54 Å². The summed E-state index contributed by atoms with van der Waals surface area (Å²) in [7, 11) is 0. The summed E-state index contributed by atoms with van der Waals surface area (Å²) in [5.74, 6) is 0.682. The van der Waals surface area contributed by atoms with Crippen LogP contribution in [0.4, 0.5) is 0 Å². The molecule has 0 bridgehead atoms. The Labute approximate surface area is 125 Å². The van der Waals surface area contributed by atoms with Gasteiger partial charge in [-0.3, -0.25) is 4.90 Å². The molecule has 0 aromatic carbocycles.